The van der Waals surface area contributed by atoms with Gasteiger partial charge >= 0.3 is 11.9 Å². The number of unbranched alkanes of at least 4 members (excludes halogenated alkanes) is 21. The van der Waals surface area contributed by atoms with Crippen LogP contribution in [-0.4, -0.2) is 31.3 Å². The first-order chi connectivity index (χ1) is 21.3. The molecule has 0 bridgehead atoms. The molecule has 260 valence electrons. The molecule has 8 nitrogen and oxygen atoms in total. The fourth-order valence-electron chi connectivity index (χ4n) is 5.07. The molecule has 0 fully saturated rings. The molecule has 0 saturated heterocycles. The van der Waals surface area contributed by atoms with Crippen molar-refractivity contribution in [2.75, 3.05) is 13.2 Å². The van der Waals surface area contributed by atoms with Crippen molar-refractivity contribution < 1.29 is 37.9 Å². The SMILES string of the molecule is CCCCCCCC/C=C\CCCCCCCC(=O)OC[C@H](COP(=O)([O-])[O-])OC(=O)CCCCCCCCCCCCC. The minimum Gasteiger partial charge on any atom is -0.790 e. The molecule has 0 unspecified atom stereocenters. The molecular formula is C35H65O8P-2. The zero-order valence-corrected chi connectivity index (χ0v) is 29.1. The van der Waals surface area contributed by atoms with Crippen LogP contribution in [0.15, 0.2) is 12.2 Å². The average Bonchev–Trinajstić information content (AvgIpc) is 2.98. The quantitative estimate of drug-likeness (QED) is 0.0300. The lowest BCUT2D eigenvalue weighted by molar-refractivity contribution is -0.343. The number of hydrogen-bond donors (Lipinski definition) is 0. The van der Waals surface area contributed by atoms with Crippen LogP contribution in [0.2, 0.25) is 0 Å². The number of esters is 2. The van der Waals surface area contributed by atoms with Gasteiger partial charge in [-0.25, -0.2) is 0 Å². The van der Waals surface area contributed by atoms with Crippen molar-refractivity contribution in [2.24, 2.45) is 0 Å². The summed E-state index contributed by atoms with van der Waals surface area (Å²) in [6.07, 6.45) is 31.8. The normalized spacial score (nSPS) is 12.5. The van der Waals surface area contributed by atoms with Gasteiger partial charge in [0.1, 0.15) is 6.61 Å². The van der Waals surface area contributed by atoms with Crippen LogP contribution in [0.4, 0.5) is 0 Å². The number of phosphoric ester groups is 1. The van der Waals surface area contributed by atoms with Gasteiger partial charge in [-0.1, -0.05) is 142 Å². The van der Waals surface area contributed by atoms with Gasteiger partial charge in [0.15, 0.2) is 6.10 Å². The lowest BCUT2D eigenvalue weighted by Gasteiger charge is -2.30. The van der Waals surface area contributed by atoms with E-state index >= 15 is 0 Å². The Morgan fingerprint density at radius 1 is 0.568 bits per heavy atom. The van der Waals surface area contributed by atoms with Crippen molar-refractivity contribution >= 4 is 19.8 Å². The lowest BCUT2D eigenvalue weighted by Crippen LogP contribution is -2.31. The molecule has 0 aliphatic heterocycles. The summed E-state index contributed by atoms with van der Waals surface area (Å²) in [5.41, 5.74) is 0. The molecule has 0 amide bonds. The maximum atomic E-state index is 12.3. The zero-order chi connectivity index (χ0) is 32.6. The maximum absolute atomic E-state index is 12.3. The van der Waals surface area contributed by atoms with E-state index in [2.05, 4.69) is 30.5 Å². The van der Waals surface area contributed by atoms with Crippen LogP contribution in [-0.2, 0) is 28.2 Å². The van der Waals surface area contributed by atoms with Crippen molar-refractivity contribution in [3.63, 3.8) is 0 Å². The van der Waals surface area contributed by atoms with E-state index in [1.54, 1.807) is 0 Å². The summed E-state index contributed by atoms with van der Waals surface area (Å²) in [4.78, 5) is 46.2. The van der Waals surface area contributed by atoms with Crippen LogP contribution in [0, 0.1) is 0 Å². The zero-order valence-electron chi connectivity index (χ0n) is 28.2. The first-order valence-electron chi connectivity index (χ1n) is 17.9. The monoisotopic (exact) mass is 644 g/mol. The van der Waals surface area contributed by atoms with E-state index in [0.29, 0.717) is 12.8 Å². The van der Waals surface area contributed by atoms with E-state index in [1.165, 1.54) is 89.9 Å². The number of phosphoric acid groups is 1. The Hall–Kier alpha value is -1.21. The Kier molecular flexibility index (Phi) is 30.9. The second-order valence-corrected chi connectivity index (χ2v) is 13.3. The minimum atomic E-state index is -5.24. The van der Waals surface area contributed by atoms with E-state index in [0.717, 1.165) is 51.4 Å². The number of carbonyl (C=O) groups excluding carboxylic acids is 2. The van der Waals surface area contributed by atoms with Gasteiger partial charge in [0, 0.05) is 12.8 Å². The molecule has 1 atom stereocenters. The van der Waals surface area contributed by atoms with Crippen molar-refractivity contribution in [3.8, 4) is 0 Å². The highest BCUT2D eigenvalue weighted by Crippen LogP contribution is 2.25. The fourth-order valence-corrected chi connectivity index (χ4v) is 5.42. The van der Waals surface area contributed by atoms with Gasteiger partial charge in [-0.05, 0) is 38.5 Å². The number of allylic oxidation sites excluding steroid dienone is 2. The van der Waals surface area contributed by atoms with Gasteiger partial charge in [-0.3, -0.25) is 9.59 Å². The Balaban J connectivity index is 3.97. The predicted octanol–water partition coefficient (Wildman–Crippen LogP) is 9.03. The van der Waals surface area contributed by atoms with E-state index in [-0.39, 0.29) is 19.4 Å². The summed E-state index contributed by atoms with van der Waals surface area (Å²) < 4.78 is 25.7. The Labute approximate surface area is 269 Å². The van der Waals surface area contributed by atoms with Crippen LogP contribution in [0.3, 0.4) is 0 Å². The first kappa shape index (κ1) is 42.8. The molecule has 0 aliphatic carbocycles. The Morgan fingerprint density at radius 2 is 0.955 bits per heavy atom. The van der Waals surface area contributed by atoms with Gasteiger partial charge < -0.3 is 28.3 Å². The van der Waals surface area contributed by atoms with E-state index in [4.69, 9.17) is 9.47 Å². The topological polar surface area (TPSA) is 125 Å². The molecule has 0 spiro atoms. The summed E-state index contributed by atoms with van der Waals surface area (Å²) in [5, 5.41) is 0. The third-order valence-corrected chi connectivity index (χ3v) is 8.24. The summed E-state index contributed by atoms with van der Waals surface area (Å²) >= 11 is 0. The predicted molar refractivity (Wildman–Crippen MR) is 175 cm³/mol. The highest BCUT2D eigenvalue weighted by Gasteiger charge is 2.18. The highest BCUT2D eigenvalue weighted by atomic mass is 31.2. The molecule has 0 aromatic heterocycles. The summed E-state index contributed by atoms with van der Waals surface area (Å²) in [6, 6.07) is 0. The lowest BCUT2D eigenvalue weighted by atomic mass is 10.1. The Bertz CT molecular complexity index is 736. The van der Waals surface area contributed by atoms with Crippen molar-refractivity contribution in [2.45, 2.75) is 187 Å². The second-order valence-electron chi connectivity index (χ2n) is 12.2. The van der Waals surface area contributed by atoms with Crippen LogP contribution >= 0.6 is 7.82 Å². The molecule has 0 radical (unpaired) electrons. The van der Waals surface area contributed by atoms with E-state index in [1.807, 2.05) is 0 Å². The van der Waals surface area contributed by atoms with Gasteiger partial charge in [0.05, 0.1) is 14.4 Å². The first-order valence-corrected chi connectivity index (χ1v) is 19.4. The smallest absolute Gasteiger partial charge is 0.306 e. The average molecular weight is 645 g/mol. The molecule has 0 aliphatic rings. The van der Waals surface area contributed by atoms with E-state index < -0.39 is 32.5 Å². The molecule has 0 aromatic rings. The number of ether oxygens (including phenoxy) is 2. The summed E-state index contributed by atoms with van der Waals surface area (Å²) in [7, 11) is -5.24. The van der Waals surface area contributed by atoms with Crippen LogP contribution in [0.5, 0.6) is 0 Å². The molecule has 44 heavy (non-hydrogen) atoms. The molecule has 0 rings (SSSR count). The molecule has 0 N–H and O–H groups in total. The third-order valence-electron chi connectivity index (χ3n) is 7.77. The molecule has 9 heteroatoms. The van der Waals surface area contributed by atoms with Gasteiger partial charge in [0.25, 0.3) is 0 Å². The number of rotatable bonds is 33. The fraction of sp³-hybridized carbons (Fsp3) is 0.886. The largest absolute Gasteiger partial charge is 0.790 e. The molecule has 0 saturated carbocycles. The van der Waals surface area contributed by atoms with Crippen LogP contribution in [0.25, 0.3) is 0 Å². The van der Waals surface area contributed by atoms with Gasteiger partial charge in [-0.2, -0.15) is 0 Å². The highest BCUT2D eigenvalue weighted by molar-refractivity contribution is 7.43. The second kappa shape index (κ2) is 31.8. The van der Waals surface area contributed by atoms with Gasteiger partial charge in [-0.15, -0.1) is 0 Å². The van der Waals surface area contributed by atoms with Crippen molar-refractivity contribution in [1.82, 2.24) is 0 Å². The molecule has 0 aromatic carbocycles. The van der Waals surface area contributed by atoms with Crippen molar-refractivity contribution in [1.29, 1.82) is 0 Å². The Morgan fingerprint density at radius 3 is 1.39 bits per heavy atom. The van der Waals surface area contributed by atoms with Crippen LogP contribution < -0.4 is 9.79 Å². The standard InChI is InChI=1S/C35H67O8P/c1-3-5-7-9-11-13-15-16-17-18-20-21-23-25-27-29-34(36)41-31-33(32-42-44(38,39)40)43-35(37)30-28-26-24-22-19-14-12-10-8-6-4-2/h16-17,33H,3-15,18-32H2,1-2H3,(H2,38,39,40)/p-2/b17-16-/t33-/m1/s1. The van der Waals surface area contributed by atoms with Gasteiger partial charge in [0.2, 0.25) is 0 Å². The minimum absolute atomic E-state index is 0.183. The molecule has 0 heterocycles. The molecular weight excluding hydrogens is 579 g/mol. The number of carbonyl (C=O) groups is 2. The third kappa shape index (κ3) is 33.7. The van der Waals surface area contributed by atoms with Crippen LogP contribution in [0.1, 0.15) is 181 Å². The maximum Gasteiger partial charge on any atom is 0.306 e. The number of hydrogen-bond acceptors (Lipinski definition) is 8. The van der Waals surface area contributed by atoms with E-state index in [9.17, 15) is 23.9 Å². The summed E-state index contributed by atoms with van der Waals surface area (Å²) in [6.45, 7) is 3.46. The van der Waals surface area contributed by atoms with Crippen molar-refractivity contribution in [3.05, 3.63) is 12.2 Å². The summed E-state index contributed by atoms with van der Waals surface area (Å²) in [5.74, 6) is -0.962.